The van der Waals surface area contributed by atoms with Crippen LogP contribution < -0.4 is 9.80 Å². The highest BCUT2D eigenvalue weighted by atomic mass is 32.1. The van der Waals surface area contributed by atoms with E-state index in [1.165, 1.54) is 51.6 Å². The number of amides is 1. The third kappa shape index (κ3) is 2.81. The van der Waals surface area contributed by atoms with Gasteiger partial charge in [0.2, 0.25) is 5.91 Å². The van der Waals surface area contributed by atoms with Crippen LogP contribution in [0.2, 0.25) is 0 Å². The molecule has 1 N–H and O–H groups in total. The molecule has 0 fully saturated rings. The molecular weight excluding hydrogens is 304 g/mol. The topological polar surface area (TPSA) is 24.8 Å². The Morgan fingerprint density at radius 1 is 1.17 bits per heavy atom. The molecule has 2 heterocycles. The van der Waals surface area contributed by atoms with Crippen LogP contribution in [0.1, 0.15) is 41.3 Å². The highest BCUT2D eigenvalue weighted by Crippen LogP contribution is 2.40. The lowest BCUT2D eigenvalue weighted by atomic mass is 9.94. The SMILES string of the molecule is CC(=O)N1C[NH+](Cc2ccccc2)Cc2c1sc1c2CCCC1. The summed E-state index contributed by atoms with van der Waals surface area (Å²) in [6.45, 7) is 4.53. The molecule has 3 nitrogen and oxygen atoms in total. The summed E-state index contributed by atoms with van der Waals surface area (Å²) in [5.74, 6) is 0.176. The van der Waals surface area contributed by atoms with Gasteiger partial charge in [0.05, 0.1) is 0 Å². The van der Waals surface area contributed by atoms with Gasteiger partial charge in [0.15, 0.2) is 6.67 Å². The Morgan fingerprint density at radius 3 is 2.74 bits per heavy atom. The molecule has 1 aliphatic carbocycles. The van der Waals surface area contributed by atoms with Crippen LogP contribution in [0.25, 0.3) is 0 Å². The van der Waals surface area contributed by atoms with Gasteiger partial charge >= 0.3 is 0 Å². The number of nitrogens with zero attached hydrogens (tertiary/aromatic N) is 1. The fourth-order valence-electron chi connectivity index (χ4n) is 3.88. The van der Waals surface area contributed by atoms with Crippen molar-refractivity contribution < 1.29 is 9.69 Å². The maximum Gasteiger partial charge on any atom is 0.228 e. The standard InChI is InChI=1S/C19H22N2OS/c1-14(22)21-13-20(11-15-7-3-2-4-8-15)12-17-16-9-5-6-10-18(16)23-19(17)21/h2-4,7-8H,5-6,9-13H2,1H3/p+1. The van der Waals surface area contributed by atoms with Gasteiger partial charge in [0.25, 0.3) is 0 Å². The average Bonchev–Trinajstić information content (AvgIpc) is 2.93. The van der Waals surface area contributed by atoms with E-state index >= 15 is 0 Å². The monoisotopic (exact) mass is 327 g/mol. The molecule has 0 saturated heterocycles. The second-order valence-electron chi connectivity index (χ2n) is 6.69. The smallest absolute Gasteiger partial charge is 0.228 e. The summed E-state index contributed by atoms with van der Waals surface area (Å²) < 4.78 is 0. The summed E-state index contributed by atoms with van der Waals surface area (Å²) in [4.78, 5) is 17.2. The van der Waals surface area contributed by atoms with Crippen LogP contribution >= 0.6 is 11.3 Å². The van der Waals surface area contributed by atoms with Crippen molar-refractivity contribution in [2.75, 3.05) is 11.6 Å². The summed E-state index contributed by atoms with van der Waals surface area (Å²) in [6.07, 6.45) is 5.00. The second kappa shape index (κ2) is 6.10. The Morgan fingerprint density at radius 2 is 1.96 bits per heavy atom. The minimum Gasteiger partial charge on any atom is -0.310 e. The number of rotatable bonds is 2. The molecule has 1 aliphatic heterocycles. The third-order valence-electron chi connectivity index (χ3n) is 4.99. The summed E-state index contributed by atoms with van der Waals surface area (Å²) in [7, 11) is 0. The molecule has 0 radical (unpaired) electrons. The van der Waals surface area contributed by atoms with Gasteiger partial charge in [0.1, 0.15) is 18.1 Å². The largest absolute Gasteiger partial charge is 0.310 e. The number of fused-ring (bicyclic) bond motifs is 3. The van der Waals surface area contributed by atoms with Gasteiger partial charge in [0, 0.05) is 22.9 Å². The summed E-state index contributed by atoms with van der Waals surface area (Å²) in [5.41, 5.74) is 4.36. The van der Waals surface area contributed by atoms with Crippen LogP contribution in [-0.4, -0.2) is 12.6 Å². The Kier molecular flexibility index (Phi) is 3.95. The Hall–Kier alpha value is -1.65. The Labute approximate surface area is 141 Å². The van der Waals surface area contributed by atoms with Crippen molar-refractivity contribution >= 4 is 22.2 Å². The van der Waals surface area contributed by atoms with Gasteiger partial charge < -0.3 is 4.90 Å². The molecule has 0 saturated carbocycles. The molecule has 2 aliphatic rings. The maximum absolute atomic E-state index is 12.2. The molecule has 1 unspecified atom stereocenters. The summed E-state index contributed by atoms with van der Waals surface area (Å²) in [6, 6.07) is 10.6. The van der Waals surface area contributed by atoms with Crippen LogP contribution in [0.15, 0.2) is 30.3 Å². The van der Waals surface area contributed by atoms with Gasteiger partial charge in [-0.25, -0.2) is 0 Å². The molecule has 0 bridgehead atoms. The molecule has 1 aromatic heterocycles. The number of nitrogens with one attached hydrogen (secondary N) is 1. The van der Waals surface area contributed by atoms with Crippen LogP contribution in [0.4, 0.5) is 5.00 Å². The van der Waals surface area contributed by atoms with Crippen molar-refractivity contribution in [3.05, 3.63) is 51.9 Å². The van der Waals surface area contributed by atoms with Crippen molar-refractivity contribution in [2.45, 2.75) is 45.7 Å². The third-order valence-corrected chi connectivity index (χ3v) is 6.35. The van der Waals surface area contributed by atoms with E-state index in [9.17, 15) is 4.79 Å². The molecule has 4 rings (SSSR count). The van der Waals surface area contributed by atoms with Crippen LogP contribution in [0, 0.1) is 0 Å². The highest BCUT2D eigenvalue weighted by molar-refractivity contribution is 7.16. The minimum absolute atomic E-state index is 0.176. The number of carbonyl (C=O) groups excluding carboxylic acids is 1. The summed E-state index contributed by atoms with van der Waals surface area (Å²) >= 11 is 1.87. The fraction of sp³-hybridized carbons (Fsp3) is 0.421. The fourth-order valence-corrected chi connectivity index (χ4v) is 5.33. The highest BCUT2D eigenvalue weighted by Gasteiger charge is 2.34. The Balaban J connectivity index is 1.66. The lowest BCUT2D eigenvalue weighted by Crippen LogP contribution is -3.12. The van der Waals surface area contributed by atoms with Crippen LogP contribution in [0.5, 0.6) is 0 Å². The zero-order valence-corrected chi connectivity index (χ0v) is 14.4. The first-order chi connectivity index (χ1) is 11.2. The predicted molar refractivity (Wildman–Crippen MR) is 93.8 cm³/mol. The van der Waals surface area contributed by atoms with E-state index in [1.807, 2.05) is 16.2 Å². The van der Waals surface area contributed by atoms with E-state index in [1.54, 1.807) is 12.5 Å². The zero-order chi connectivity index (χ0) is 15.8. The van der Waals surface area contributed by atoms with E-state index in [-0.39, 0.29) is 5.91 Å². The van der Waals surface area contributed by atoms with Gasteiger partial charge in [-0.15, -0.1) is 11.3 Å². The average molecular weight is 327 g/mol. The number of quaternary nitrogens is 1. The van der Waals surface area contributed by atoms with Crippen molar-refractivity contribution in [3.8, 4) is 0 Å². The molecule has 2 aromatic rings. The van der Waals surface area contributed by atoms with Gasteiger partial charge in [-0.2, -0.15) is 0 Å². The predicted octanol–water partition coefficient (Wildman–Crippen LogP) is 2.54. The van der Waals surface area contributed by atoms with E-state index in [0.717, 1.165) is 19.8 Å². The first-order valence-electron chi connectivity index (χ1n) is 8.51. The molecule has 120 valence electrons. The minimum atomic E-state index is 0.176. The van der Waals surface area contributed by atoms with Crippen molar-refractivity contribution in [1.82, 2.24) is 0 Å². The van der Waals surface area contributed by atoms with E-state index < -0.39 is 0 Å². The maximum atomic E-state index is 12.2. The molecule has 1 amide bonds. The van der Waals surface area contributed by atoms with Gasteiger partial charge in [-0.3, -0.25) is 9.69 Å². The van der Waals surface area contributed by atoms with E-state index in [4.69, 9.17) is 0 Å². The van der Waals surface area contributed by atoms with E-state index in [2.05, 4.69) is 30.3 Å². The van der Waals surface area contributed by atoms with Crippen LogP contribution in [-0.2, 0) is 30.7 Å². The molecule has 23 heavy (non-hydrogen) atoms. The first kappa shape index (κ1) is 14.9. The number of anilines is 1. The van der Waals surface area contributed by atoms with Crippen molar-refractivity contribution in [1.29, 1.82) is 0 Å². The van der Waals surface area contributed by atoms with Gasteiger partial charge in [-0.05, 0) is 31.2 Å². The molecule has 1 atom stereocenters. The summed E-state index contributed by atoms with van der Waals surface area (Å²) in [5, 5.41) is 1.24. The normalized spacial score (nSPS) is 20.0. The van der Waals surface area contributed by atoms with Gasteiger partial charge in [-0.1, -0.05) is 30.3 Å². The number of thiophene rings is 1. The van der Waals surface area contributed by atoms with Crippen molar-refractivity contribution in [2.24, 2.45) is 0 Å². The van der Waals surface area contributed by atoms with Crippen LogP contribution in [0.3, 0.4) is 0 Å². The number of hydrogen-bond acceptors (Lipinski definition) is 2. The lowest BCUT2D eigenvalue weighted by Gasteiger charge is -2.32. The van der Waals surface area contributed by atoms with E-state index in [0.29, 0.717) is 0 Å². The quantitative estimate of drug-likeness (QED) is 0.901. The zero-order valence-electron chi connectivity index (χ0n) is 13.6. The number of aryl methyl sites for hydroxylation is 1. The molecule has 1 aromatic carbocycles. The number of benzene rings is 1. The van der Waals surface area contributed by atoms with Crippen molar-refractivity contribution in [3.63, 3.8) is 0 Å². The molecular formula is C19H23N2OS+. The lowest BCUT2D eigenvalue weighted by molar-refractivity contribution is -0.928. The molecule has 0 spiro atoms. The second-order valence-corrected chi connectivity index (χ2v) is 7.77. The number of hydrogen-bond donors (Lipinski definition) is 1. The number of carbonyl (C=O) groups is 1. The molecule has 4 heteroatoms. The Bertz CT molecular complexity index is 722. The first-order valence-corrected chi connectivity index (χ1v) is 9.33.